The zero-order valence-corrected chi connectivity index (χ0v) is 66.7. The van der Waals surface area contributed by atoms with Gasteiger partial charge in [0.25, 0.3) is 0 Å². The highest BCUT2D eigenvalue weighted by Gasteiger charge is 2.50. The van der Waals surface area contributed by atoms with Gasteiger partial charge in [-0.15, -0.1) is 0 Å². The normalized spacial score (nSPS) is 20.9. The van der Waals surface area contributed by atoms with Gasteiger partial charge in [-0.2, -0.15) is 10.5 Å². The Balaban J connectivity index is 0.00000176. The predicted octanol–water partition coefficient (Wildman–Crippen LogP) is 5.24. The zero-order chi connectivity index (χ0) is 82.9. The van der Waals surface area contributed by atoms with Gasteiger partial charge in [-0.3, -0.25) is 28.8 Å². The van der Waals surface area contributed by atoms with Crippen molar-refractivity contribution in [2.24, 2.45) is 32.9 Å². The molecule has 2 aromatic carbocycles. The Kier molecular flexibility index (Phi) is 53.1. The van der Waals surface area contributed by atoms with E-state index in [2.05, 4.69) is 66.6 Å². The molecule has 2 fully saturated rings. The highest BCUT2D eigenvalue weighted by Crippen LogP contribution is 2.47. The molecule has 111 heavy (non-hydrogen) atoms. The third-order valence-electron chi connectivity index (χ3n) is 16.4. The predicted molar refractivity (Wildman–Crippen MR) is 423 cm³/mol. The molecule has 2 aromatic rings. The first kappa shape index (κ1) is 104. The van der Waals surface area contributed by atoms with E-state index < -0.39 is 118 Å². The van der Waals surface area contributed by atoms with Gasteiger partial charge in [0.1, 0.15) is 29.2 Å². The zero-order valence-electron chi connectivity index (χ0n) is 63.4. The molecule has 0 aromatic heterocycles. The molecule has 12 N–H and O–H groups in total. The number of thioether (sulfide) groups is 2. The van der Waals surface area contributed by atoms with Crippen LogP contribution in [0.15, 0.2) is 95.2 Å². The number of nitrogens with one attached hydrogen (secondary N) is 4. The minimum Gasteiger partial charge on any atom is -0.466 e. The lowest BCUT2D eigenvalue weighted by molar-refractivity contribution is -0.284. The molecule has 4 unspecified atom stereocenters. The fourth-order valence-corrected chi connectivity index (χ4v) is 13.8. The molecule has 2 saturated heterocycles. The molecule has 2 aliphatic rings. The molecule has 4 amide bonds. The molecular formula is C73H112N12O22S4. The van der Waals surface area contributed by atoms with Crippen LogP contribution in [0.25, 0.3) is 20.9 Å². The smallest absolute Gasteiger partial charge is 0.305 e. The second kappa shape index (κ2) is 56.8. The molecule has 0 aliphatic carbocycles. The summed E-state index contributed by atoms with van der Waals surface area (Å²) >= 11 is 13.5. The molecule has 2 heterocycles. The van der Waals surface area contributed by atoms with Gasteiger partial charge in [-0.25, -0.2) is 0 Å². The number of nitriles is 2. The quantitative estimate of drug-likeness (QED) is 0.00767. The number of amides is 4. The summed E-state index contributed by atoms with van der Waals surface area (Å²) in [5.41, 5.74) is 16.4. The summed E-state index contributed by atoms with van der Waals surface area (Å²) in [4.78, 5) is 79.0. The number of esters is 2. The van der Waals surface area contributed by atoms with Crippen molar-refractivity contribution in [3.8, 4) is 12.1 Å². The van der Waals surface area contributed by atoms with Crippen molar-refractivity contribution in [3.05, 3.63) is 117 Å². The van der Waals surface area contributed by atoms with Gasteiger partial charge in [0.15, 0.2) is 12.6 Å². The van der Waals surface area contributed by atoms with Crippen molar-refractivity contribution in [2.45, 2.75) is 160 Å². The third-order valence-corrected chi connectivity index (χ3v) is 19.8. The SMILES string of the molecule is C.C=C(C)C(=O)NCCO.C=C(C)C(=O)NCCOCCO[C@H]1O[C@@H](CO)[C@H](O)[C@@H](O)[C@@H]1C.CC(C#N)(CCC(=O)OCCN=[N+]=[N-])SC(=S)c1ccccc1.C[C@@H]1[C@@H](OCCOCCNC(=O)C(C)(CC(C)(CC(C)(C#N)CCC(=O)OCCN=[N+]=[N-])C(=O)NCCO)SC(=S)c2ccccc2)O[C@@H](CO)[C@@H](O)[C@H]1O. The number of nitrogens with zero attached hydrogens (tertiary/aromatic N) is 8. The Morgan fingerprint density at radius 3 is 1.39 bits per heavy atom. The van der Waals surface area contributed by atoms with Crippen molar-refractivity contribution < 1.29 is 108 Å². The summed E-state index contributed by atoms with van der Waals surface area (Å²) in [6.07, 6.45) is -7.86. The Morgan fingerprint density at radius 1 is 0.577 bits per heavy atom. The number of ether oxygens (including phenoxy) is 8. The molecule has 34 nitrogen and oxygen atoms in total. The van der Waals surface area contributed by atoms with E-state index in [1.807, 2.05) is 48.5 Å². The Bertz CT molecular complexity index is 3390. The lowest BCUT2D eigenvalue weighted by Crippen LogP contribution is -2.55. The van der Waals surface area contributed by atoms with Gasteiger partial charge in [-0.1, -0.05) is 160 Å². The van der Waals surface area contributed by atoms with E-state index in [0.29, 0.717) is 51.2 Å². The number of aliphatic hydroxyl groups is 8. The van der Waals surface area contributed by atoms with Crippen LogP contribution in [0.3, 0.4) is 0 Å². The summed E-state index contributed by atoms with van der Waals surface area (Å²) in [5, 5.41) is 113. The van der Waals surface area contributed by atoms with Crippen molar-refractivity contribution >= 4 is 91.9 Å². The van der Waals surface area contributed by atoms with Gasteiger partial charge in [0.05, 0.1) is 135 Å². The molecule has 0 radical (unpaired) electrons. The number of aliphatic hydroxyl groups excluding tert-OH is 8. The van der Waals surface area contributed by atoms with Crippen molar-refractivity contribution in [3.63, 3.8) is 0 Å². The lowest BCUT2D eigenvalue weighted by atomic mass is 9.67. The maximum atomic E-state index is 14.1. The minimum atomic E-state index is -1.39. The fraction of sp³-hybridized carbons (Fsp3) is 0.644. The van der Waals surface area contributed by atoms with Gasteiger partial charge >= 0.3 is 11.9 Å². The highest BCUT2D eigenvalue weighted by molar-refractivity contribution is 8.25. The number of hydrogen-bond acceptors (Lipinski definition) is 30. The first-order chi connectivity index (χ1) is 52.1. The standard InChI is InChI=1S/C36H54N6O11S2.C15H16N4O2S2.C15H27NO7.C6H11NO2.CH4/c1-24-28(46)29(47)26(20-44)53-30(24)52-19-18-50-16-13-40-33(49)36(4,55-31(54)25-8-6-5-7-9-25)22-35(3,32(48)39-12-15-43)21-34(2,23-37)11-10-27(45)51-17-14-41-42-38;1-15(11-16,8-7-13(20)21-10-9-18-19-17)23-14(22)12-5-3-2-4-6-12;1-9(2)14(20)16-4-5-21-6-7-22-15-10(3)12(18)13(19)11(8-17)23-15;1-5(2)6(9)7-3-4-8;/h5-9,24,26,28-30,43-44,46-47H,10-22H2,1-4H3,(H,39,48)(H,40,49);2-6H,7-10H2,1H3;10-13,15,17-19H,1,4-8H2,2-3H3,(H,16,20);8H,1,3-4H2,2H3,(H,7,9);1H4/t24-,26-,28-,29+,30-,34?,35?,36?;;10-,11-,12-,13-,15-;;/m0.0../s1. The van der Waals surface area contributed by atoms with Gasteiger partial charge in [-0.05, 0) is 82.5 Å². The molecule has 620 valence electrons. The van der Waals surface area contributed by atoms with Crippen LogP contribution < -0.4 is 21.3 Å². The van der Waals surface area contributed by atoms with Crippen LogP contribution in [0.4, 0.5) is 0 Å². The van der Waals surface area contributed by atoms with Crippen LogP contribution in [-0.4, -0.2) is 262 Å². The van der Waals surface area contributed by atoms with Crippen LogP contribution in [0.5, 0.6) is 0 Å². The van der Waals surface area contributed by atoms with E-state index in [-0.39, 0.29) is 137 Å². The van der Waals surface area contributed by atoms with E-state index in [0.717, 1.165) is 17.3 Å². The van der Waals surface area contributed by atoms with E-state index in [4.69, 9.17) is 83.6 Å². The van der Waals surface area contributed by atoms with Crippen LogP contribution in [0.1, 0.15) is 112 Å². The number of carbonyl (C=O) groups excluding carboxylic acids is 6. The number of carbonyl (C=O) groups is 6. The summed E-state index contributed by atoms with van der Waals surface area (Å²) in [5.74, 6) is -3.39. The average Bonchev–Trinajstić information content (AvgIpc) is 0.782. The lowest BCUT2D eigenvalue weighted by Gasteiger charge is -2.40. The molecule has 0 bridgehead atoms. The molecule has 14 atom stereocenters. The topological polar surface area (TPSA) is 531 Å². The summed E-state index contributed by atoms with van der Waals surface area (Å²) in [6, 6.07) is 23.0. The van der Waals surface area contributed by atoms with Crippen molar-refractivity contribution in [1.82, 2.24) is 21.3 Å². The van der Waals surface area contributed by atoms with Crippen LogP contribution in [-0.2, 0) is 66.7 Å². The second-order valence-corrected chi connectivity index (χ2v) is 30.5. The molecule has 38 heteroatoms. The maximum absolute atomic E-state index is 14.1. The Morgan fingerprint density at radius 2 is 0.982 bits per heavy atom. The van der Waals surface area contributed by atoms with Crippen molar-refractivity contribution in [1.29, 1.82) is 10.5 Å². The molecule has 0 spiro atoms. The first-order valence-electron chi connectivity index (χ1n) is 35.2. The van der Waals surface area contributed by atoms with Crippen LogP contribution >= 0.6 is 48.0 Å². The summed E-state index contributed by atoms with van der Waals surface area (Å²) in [7, 11) is 0. The molecular weight excluding hydrogens is 1530 g/mol. The van der Waals surface area contributed by atoms with Gasteiger partial charge < -0.3 is 100 Å². The van der Waals surface area contributed by atoms with Crippen LogP contribution in [0.2, 0.25) is 0 Å². The molecule has 2 aliphatic heterocycles. The maximum Gasteiger partial charge on any atom is 0.305 e. The van der Waals surface area contributed by atoms with E-state index in [1.165, 1.54) is 11.8 Å². The third kappa shape index (κ3) is 40.3. The van der Waals surface area contributed by atoms with Gasteiger partial charge in [0, 0.05) is 77.2 Å². The van der Waals surface area contributed by atoms with E-state index in [9.17, 15) is 69.9 Å². The molecule has 4 rings (SSSR count). The molecule has 0 saturated carbocycles. The highest BCUT2D eigenvalue weighted by atomic mass is 32.2. The number of rotatable bonds is 44. The summed E-state index contributed by atoms with van der Waals surface area (Å²) in [6.45, 7) is 20.7. The fourth-order valence-electron chi connectivity index (χ4n) is 10.3. The monoisotopic (exact) mass is 1640 g/mol. The van der Waals surface area contributed by atoms with Gasteiger partial charge in [0.2, 0.25) is 23.6 Å². The number of hydrogen-bond donors (Lipinski definition) is 12. The number of azide groups is 2. The van der Waals surface area contributed by atoms with Crippen molar-refractivity contribution in [2.75, 3.05) is 119 Å². The van der Waals surface area contributed by atoms with Crippen LogP contribution in [0, 0.1) is 45.3 Å². The number of thiocarbonyl (C=S) groups is 2. The Labute approximate surface area is 668 Å². The minimum absolute atomic E-state index is 0. The first-order valence-corrected chi connectivity index (χ1v) is 37.6. The number of benzene rings is 2. The Hall–Kier alpha value is -7.34. The second-order valence-electron chi connectivity index (χ2n) is 26.2. The average molecular weight is 1640 g/mol. The largest absolute Gasteiger partial charge is 0.466 e. The summed E-state index contributed by atoms with van der Waals surface area (Å²) < 4.78 is 41.9. The van der Waals surface area contributed by atoms with E-state index in [1.54, 1.807) is 67.5 Å². The van der Waals surface area contributed by atoms with E-state index >= 15 is 0 Å².